The van der Waals surface area contributed by atoms with Crippen molar-refractivity contribution in [2.24, 2.45) is 5.73 Å². The number of ether oxygens (including phenoxy) is 1. The Hall–Kier alpha value is -1.92. The minimum atomic E-state index is -0.686. The van der Waals surface area contributed by atoms with E-state index in [2.05, 4.69) is 10.6 Å². The summed E-state index contributed by atoms with van der Waals surface area (Å²) in [6, 6.07) is 6.83. The highest BCUT2D eigenvalue weighted by molar-refractivity contribution is 5.95. The number of hydrogen-bond donors (Lipinski definition) is 3. The first-order valence-corrected chi connectivity index (χ1v) is 5.48. The molecule has 0 bridgehead atoms. The van der Waals surface area contributed by atoms with Gasteiger partial charge in [-0.2, -0.15) is 0 Å². The first kappa shape index (κ1) is 14.1. The second-order valence-corrected chi connectivity index (χ2v) is 3.71. The van der Waals surface area contributed by atoms with Gasteiger partial charge >= 0.3 is 0 Å². The van der Waals surface area contributed by atoms with Crippen LogP contribution in [0.5, 0.6) is 0 Å². The zero-order valence-corrected chi connectivity index (χ0v) is 10.4. The highest BCUT2D eigenvalue weighted by atomic mass is 16.5. The van der Waals surface area contributed by atoms with Gasteiger partial charge < -0.3 is 21.1 Å². The Morgan fingerprint density at radius 1 is 1.33 bits per heavy atom. The summed E-state index contributed by atoms with van der Waals surface area (Å²) in [6.07, 6.45) is -0.686. The molecule has 0 spiro atoms. The van der Waals surface area contributed by atoms with Gasteiger partial charge in [0.05, 0.1) is 0 Å². The summed E-state index contributed by atoms with van der Waals surface area (Å²) in [5.41, 5.74) is 6.57. The molecule has 0 aliphatic carbocycles. The molecule has 6 nitrogen and oxygen atoms in total. The minimum Gasteiger partial charge on any atom is -0.370 e. The Kier molecular flexibility index (Phi) is 5.29. The van der Waals surface area contributed by atoms with Crippen LogP contribution in [0.3, 0.4) is 0 Å². The summed E-state index contributed by atoms with van der Waals surface area (Å²) in [4.78, 5) is 22.6. The van der Waals surface area contributed by atoms with E-state index in [1.165, 1.54) is 14.0 Å². The third kappa shape index (κ3) is 4.15. The SMILES string of the molecule is COC(CN)C(=O)Nc1cccc(NC(C)=O)c1. The largest absolute Gasteiger partial charge is 0.370 e. The van der Waals surface area contributed by atoms with E-state index < -0.39 is 6.10 Å². The lowest BCUT2D eigenvalue weighted by Gasteiger charge is -2.13. The first-order valence-electron chi connectivity index (χ1n) is 5.48. The van der Waals surface area contributed by atoms with Crippen molar-refractivity contribution in [3.05, 3.63) is 24.3 Å². The molecule has 0 aromatic heterocycles. The average molecular weight is 251 g/mol. The van der Waals surface area contributed by atoms with Crippen molar-refractivity contribution in [1.82, 2.24) is 0 Å². The lowest BCUT2D eigenvalue weighted by atomic mass is 10.2. The number of amides is 2. The Labute approximate surface area is 105 Å². The molecule has 1 aromatic rings. The summed E-state index contributed by atoms with van der Waals surface area (Å²) < 4.78 is 4.92. The van der Waals surface area contributed by atoms with E-state index in [0.717, 1.165) is 0 Å². The average Bonchev–Trinajstić information content (AvgIpc) is 2.30. The monoisotopic (exact) mass is 251 g/mol. The van der Waals surface area contributed by atoms with Crippen LogP contribution in [0.1, 0.15) is 6.92 Å². The summed E-state index contributed by atoms with van der Waals surface area (Å²) in [6.45, 7) is 1.52. The number of anilines is 2. The van der Waals surface area contributed by atoms with Crippen LogP contribution in [-0.2, 0) is 14.3 Å². The Balaban J connectivity index is 2.72. The van der Waals surface area contributed by atoms with Crippen molar-refractivity contribution in [3.8, 4) is 0 Å². The van der Waals surface area contributed by atoms with Gasteiger partial charge in [-0.3, -0.25) is 9.59 Å². The molecule has 2 amide bonds. The van der Waals surface area contributed by atoms with Gasteiger partial charge in [0, 0.05) is 32.0 Å². The van der Waals surface area contributed by atoms with Crippen LogP contribution in [0, 0.1) is 0 Å². The second kappa shape index (κ2) is 6.73. The molecule has 1 unspecified atom stereocenters. The van der Waals surface area contributed by atoms with Gasteiger partial charge in [0.25, 0.3) is 5.91 Å². The number of carbonyl (C=O) groups is 2. The highest BCUT2D eigenvalue weighted by Gasteiger charge is 2.15. The highest BCUT2D eigenvalue weighted by Crippen LogP contribution is 2.15. The third-order valence-corrected chi connectivity index (χ3v) is 2.24. The first-order chi connectivity index (χ1) is 8.56. The second-order valence-electron chi connectivity index (χ2n) is 3.71. The van der Waals surface area contributed by atoms with Gasteiger partial charge in [0.1, 0.15) is 6.10 Å². The van der Waals surface area contributed by atoms with E-state index >= 15 is 0 Å². The topological polar surface area (TPSA) is 93.4 Å². The Bertz CT molecular complexity index is 430. The van der Waals surface area contributed by atoms with Crippen LogP contribution in [0.2, 0.25) is 0 Å². The van der Waals surface area contributed by atoms with Crippen LogP contribution in [0.25, 0.3) is 0 Å². The zero-order valence-electron chi connectivity index (χ0n) is 10.4. The molecule has 0 aliphatic heterocycles. The molecule has 1 atom stereocenters. The van der Waals surface area contributed by atoms with Crippen molar-refractivity contribution in [3.63, 3.8) is 0 Å². The van der Waals surface area contributed by atoms with Crippen LogP contribution in [0.15, 0.2) is 24.3 Å². The molecule has 0 fully saturated rings. The number of hydrogen-bond acceptors (Lipinski definition) is 4. The van der Waals surface area contributed by atoms with Crippen molar-refractivity contribution in [1.29, 1.82) is 0 Å². The maximum absolute atomic E-state index is 11.7. The molecule has 0 aliphatic rings. The quantitative estimate of drug-likeness (QED) is 0.712. The van der Waals surface area contributed by atoms with Gasteiger partial charge in [-0.15, -0.1) is 0 Å². The van der Waals surface area contributed by atoms with E-state index in [1.54, 1.807) is 24.3 Å². The molecular formula is C12H17N3O3. The van der Waals surface area contributed by atoms with Gasteiger partial charge in [-0.25, -0.2) is 0 Å². The van der Waals surface area contributed by atoms with E-state index in [0.29, 0.717) is 11.4 Å². The molecule has 0 saturated heterocycles. The minimum absolute atomic E-state index is 0.105. The van der Waals surface area contributed by atoms with Crippen molar-refractivity contribution in [2.45, 2.75) is 13.0 Å². The molecular weight excluding hydrogens is 234 g/mol. The van der Waals surface area contributed by atoms with Crippen LogP contribution < -0.4 is 16.4 Å². The van der Waals surface area contributed by atoms with Crippen LogP contribution >= 0.6 is 0 Å². The molecule has 0 radical (unpaired) electrons. The maximum Gasteiger partial charge on any atom is 0.254 e. The molecule has 0 heterocycles. The molecule has 4 N–H and O–H groups in total. The lowest BCUT2D eigenvalue weighted by Crippen LogP contribution is -2.35. The number of rotatable bonds is 5. The van der Waals surface area contributed by atoms with Crippen molar-refractivity contribution >= 4 is 23.2 Å². The molecule has 18 heavy (non-hydrogen) atoms. The molecule has 6 heteroatoms. The normalized spacial score (nSPS) is 11.7. The smallest absolute Gasteiger partial charge is 0.254 e. The fourth-order valence-electron chi connectivity index (χ4n) is 1.41. The van der Waals surface area contributed by atoms with E-state index in [9.17, 15) is 9.59 Å². The van der Waals surface area contributed by atoms with Gasteiger partial charge in [0.15, 0.2) is 0 Å². The number of methoxy groups -OCH3 is 1. The summed E-state index contributed by atoms with van der Waals surface area (Å²) in [5, 5.41) is 5.29. The maximum atomic E-state index is 11.7. The summed E-state index contributed by atoms with van der Waals surface area (Å²) >= 11 is 0. The van der Waals surface area contributed by atoms with E-state index in [4.69, 9.17) is 10.5 Å². The van der Waals surface area contributed by atoms with E-state index in [-0.39, 0.29) is 18.4 Å². The Morgan fingerprint density at radius 2 is 1.94 bits per heavy atom. The third-order valence-electron chi connectivity index (χ3n) is 2.24. The molecule has 0 saturated carbocycles. The van der Waals surface area contributed by atoms with Crippen LogP contribution in [0.4, 0.5) is 11.4 Å². The van der Waals surface area contributed by atoms with Crippen molar-refractivity contribution < 1.29 is 14.3 Å². The molecule has 1 rings (SSSR count). The summed E-state index contributed by atoms with van der Waals surface area (Å²) in [5.74, 6) is -0.491. The summed E-state index contributed by atoms with van der Waals surface area (Å²) in [7, 11) is 1.42. The fraction of sp³-hybridized carbons (Fsp3) is 0.333. The number of nitrogens with one attached hydrogen (secondary N) is 2. The van der Waals surface area contributed by atoms with Gasteiger partial charge in [-0.1, -0.05) is 6.07 Å². The predicted molar refractivity (Wildman–Crippen MR) is 69.2 cm³/mol. The lowest BCUT2D eigenvalue weighted by molar-refractivity contribution is -0.125. The Morgan fingerprint density at radius 3 is 2.44 bits per heavy atom. The fourth-order valence-corrected chi connectivity index (χ4v) is 1.41. The van der Waals surface area contributed by atoms with Gasteiger partial charge in [0.2, 0.25) is 5.91 Å². The molecule has 98 valence electrons. The van der Waals surface area contributed by atoms with Gasteiger partial charge in [-0.05, 0) is 18.2 Å². The zero-order chi connectivity index (χ0) is 13.5. The number of carbonyl (C=O) groups excluding carboxylic acids is 2. The van der Waals surface area contributed by atoms with Crippen LogP contribution in [-0.4, -0.2) is 31.6 Å². The standard InChI is InChI=1S/C12H17N3O3/c1-8(16)14-9-4-3-5-10(6-9)15-12(17)11(7-13)18-2/h3-6,11H,7,13H2,1-2H3,(H,14,16)(H,15,17). The van der Waals surface area contributed by atoms with Crippen molar-refractivity contribution in [2.75, 3.05) is 24.3 Å². The predicted octanol–water partition coefficient (Wildman–Crippen LogP) is 0.557. The number of benzene rings is 1. The molecule has 1 aromatic carbocycles. The number of nitrogens with two attached hydrogens (primary N) is 1. The van der Waals surface area contributed by atoms with E-state index in [1.807, 2.05) is 0 Å².